The summed E-state index contributed by atoms with van der Waals surface area (Å²) in [6, 6.07) is 15.9. The van der Waals surface area contributed by atoms with Gasteiger partial charge in [0.2, 0.25) is 0 Å². The first-order chi connectivity index (χ1) is 11.1. The average molecular weight is 387 g/mol. The van der Waals surface area contributed by atoms with Crippen LogP contribution in [0.1, 0.15) is 18.1 Å². The molecule has 0 spiro atoms. The summed E-state index contributed by atoms with van der Waals surface area (Å²) in [6.45, 7) is 2.12. The number of hydrogen-bond donors (Lipinski definition) is 1. The van der Waals surface area contributed by atoms with Gasteiger partial charge in [-0.25, -0.2) is 4.99 Å². The summed E-state index contributed by atoms with van der Waals surface area (Å²) in [4.78, 5) is 17.2. The van der Waals surface area contributed by atoms with Crippen molar-refractivity contribution >= 4 is 50.5 Å². The smallest absolute Gasteiger partial charge is 0.264 e. The summed E-state index contributed by atoms with van der Waals surface area (Å²) in [5.41, 5.74) is 3.10. The Bertz CT molecular complexity index is 780. The highest BCUT2D eigenvalue weighted by Gasteiger charge is 2.23. The molecule has 0 saturated carbocycles. The lowest BCUT2D eigenvalue weighted by Crippen LogP contribution is -2.19. The zero-order valence-corrected chi connectivity index (χ0v) is 14.9. The number of halogens is 1. The molecule has 1 saturated heterocycles. The lowest BCUT2D eigenvalue weighted by Gasteiger charge is -1.98. The van der Waals surface area contributed by atoms with E-state index in [1.165, 1.54) is 17.3 Å². The third-order valence-corrected chi connectivity index (χ3v) is 4.83. The molecule has 2 aromatic carbocycles. The van der Waals surface area contributed by atoms with Gasteiger partial charge < -0.3 is 5.32 Å². The van der Waals surface area contributed by atoms with Gasteiger partial charge >= 0.3 is 0 Å². The normalized spacial score (nSPS) is 17.7. The van der Waals surface area contributed by atoms with Crippen molar-refractivity contribution in [1.82, 2.24) is 5.32 Å². The minimum Gasteiger partial charge on any atom is -0.300 e. The highest BCUT2D eigenvalue weighted by atomic mass is 79.9. The Morgan fingerprint density at radius 1 is 1.13 bits per heavy atom. The largest absolute Gasteiger partial charge is 0.300 e. The molecule has 0 bridgehead atoms. The molecule has 3 rings (SSSR count). The second kappa shape index (κ2) is 7.15. The topological polar surface area (TPSA) is 41.5 Å². The summed E-state index contributed by atoms with van der Waals surface area (Å²) in [7, 11) is 0. The summed E-state index contributed by atoms with van der Waals surface area (Å²) in [6.07, 6.45) is 2.87. The minimum absolute atomic E-state index is 0.109. The van der Waals surface area contributed by atoms with E-state index in [4.69, 9.17) is 0 Å². The van der Waals surface area contributed by atoms with Crippen LogP contribution in [0.2, 0.25) is 0 Å². The number of amidine groups is 1. The van der Waals surface area contributed by atoms with Gasteiger partial charge in [0.15, 0.2) is 5.17 Å². The van der Waals surface area contributed by atoms with Crippen molar-refractivity contribution in [3.8, 4) is 0 Å². The van der Waals surface area contributed by atoms with Crippen LogP contribution in [0.3, 0.4) is 0 Å². The number of carbonyl (C=O) groups is 1. The van der Waals surface area contributed by atoms with Crippen LogP contribution in [0.4, 0.5) is 5.69 Å². The molecule has 1 N–H and O–H groups in total. The van der Waals surface area contributed by atoms with E-state index in [9.17, 15) is 4.79 Å². The lowest BCUT2D eigenvalue weighted by atomic mass is 10.2. The Morgan fingerprint density at radius 2 is 1.83 bits per heavy atom. The maximum atomic E-state index is 12.1. The zero-order valence-electron chi connectivity index (χ0n) is 12.5. The maximum absolute atomic E-state index is 12.1. The molecule has 1 aliphatic rings. The van der Waals surface area contributed by atoms with Crippen LogP contribution in [0.15, 0.2) is 62.9 Å². The summed E-state index contributed by atoms with van der Waals surface area (Å²) in [5, 5.41) is 3.42. The van der Waals surface area contributed by atoms with Crippen molar-refractivity contribution < 1.29 is 4.79 Å². The van der Waals surface area contributed by atoms with Crippen molar-refractivity contribution in [2.24, 2.45) is 4.99 Å². The fourth-order valence-corrected chi connectivity index (χ4v) is 3.22. The number of aliphatic imine (C=N–C) groups is 1. The molecule has 0 radical (unpaired) electrons. The SMILES string of the molecule is CCc1ccc(N=C2NC(=O)/C(=C/c3ccc(Br)cc3)S2)cc1. The van der Waals surface area contributed by atoms with Gasteiger partial charge in [0.05, 0.1) is 10.6 Å². The van der Waals surface area contributed by atoms with Crippen molar-refractivity contribution in [3.63, 3.8) is 0 Å². The Hall–Kier alpha value is -1.85. The van der Waals surface area contributed by atoms with Gasteiger partial charge in [-0.1, -0.05) is 47.1 Å². The predicted octanol–water partition coefficient (Wildman–Crippen LogP) is 4.90. The van der Waals surface area contributed by atoms with Crippen LogP contribution >= 0.6 is 27.7 Å². The third kappa shape index (κ3) is 4.12. The molecule has 5 heteroatoms. The van der Waals surface area contributed by atoms with E-state index in [-0.39, 0.29) is 5.91 Å². The van der Waals surface area contributed by atoms with Gasteiger partial charge in [-0.15, -0.1) is 0 Å². The Kier molecular flexibility index (Phi) is 4.98. The Morgan fingerprint density at radius 3 is 2.48 bits per heavy atom. The van der Waals surface area contributed by atoms with Crippen LogP contribution in [0.5, 0.6) is 0 Å². The summed E-state index contributed by atoms with van der Waals surface area (Å²) < 4.78 is 1.01. The number of thioether (sulfide) groups is 1. The molecule has 0 atom stereocenters. The zero-order chi connectivity index (χ0) is 16.2. The number of amides is 1. The van der Waals surface area contributed by atoms with E-state index in [0.29, 0.717) is 10.1 Å². The molecule has 1 fully saturated rings. The molecule has 116 valence electrons. The molecule has 2 aromatic rings. The molecular formula is C18H15BrN2OS. The first-order valence-corrected chi connectivity index (χ1v) is 8.89. The molecule has 3 nitrogen and oxygen atoms in total. The van der Waals surface area contributed by atoms with E-state index in [0.717, 1.165) is 22.1 Å². The highest BCUT2D eigenvalue weighted by Crippen LogP contribution is 2.28. The molecule has 1 aliphatic heterocycles. The third-order valence-electron chi connectivity index (χ3n) is 3.39. The van der Waals surface area contributed by atoms with Gasteiger partial charge in [0.1, 0.15) is 0 Å². The van der Waals surface area contributed by atoms with E-state index in [2.05, 4.69) is 45.3 Å². The fourth-order valence-electron chi connectivity index (χ4n) is 2.11. The molecule has 0 aromatic heterocycles. The number of carbonyl (C=O) groups excluding carboxylic acids is 1. The number of hydrogen-bond acceptors (Lipinski definition) is 3. The predicted molar refractivity (Wildman–Crippen MR) is 101 cm³/mol. The van der Waals surface area contributed by atoms with Crippen molar-refractivity contribution in [3.05, 3.63) is 69.0 Å². The maximum Gasteiger partial charge on any atom is 0.264 e. The number of nitrogens with one attached hydrogen (secondary N) is 1. The quantitative estimate of drug-likeness (QED) is 0.761. The minimum atomic E-state index is -0.109. The van der Waals surface area contributed by atoms with E-state index >= 15 is 0 Å². The molecule has 1 amide bonds. The van der Waals surface area contributed by atoms with Gasteiger partial charge in [-0.3, -0.25) is 4.79 Å². The molecule has 23 heavy (non-hydrogen) atoms. The van der Waals surface area contributed by atoms with Crippen LogP contribution < -0.4 is 5.32 Å². The van der Waals surface area contributed by atoms with Gasteiger partial charge in [0.25, 0.3) is 5.91 Å². The molecule has 1 heterocycles. The van der Waals surface area contributed by atoms with Crippen LogP contribution in [-0.4, -0.2) is 11.1 Å². The first-order valence-electron chi connectivity index (χ1n) is 7.28. The van der Waals surface area contributed by atoms with Crippen molar-refractivity contribution in [2.75, 3.05) is 0 Å². The number of nitrogens with zero attached hydrogens (tertiary/aromatic N) is 1. The van der Waals surface area contributed by atoms with Crippen LogP contribution in [-0.2, 0) is 11.2 Å². The number of rotatable bonds is 3. The highest BCUT2D eigenvalue weighted by molar-refractivity contribution is 9.10. The van der Waals surface area contributed by atoms with Gasteiger partial charge in [-0.2, -0.15) is 0 Å². The summed E-state index contributed by atoms with van der Waals surface area (Å²) >= 11 is 4.76. The van der Waals surface area contributed by atoms with E-state index in [1.54, 1.807) is 0 Å². The van der Waals surface area contributed by atoms with E-state index < -0.39 is 0 Å². The van der Waals surface area contributed by atoms with Gasteiger partial charge in [-0.05, 0) is 59.7 Å². The Balaban J connectivity index is 1.78. The summed E-state index contributed by atoms with van der Waals surface area (Å²) in [5.74, 6) is -0.109. The van der Waals surface area contributed by atoms with Gasteiger partial charge in [0, 0.05) is 4.47 Å². The average Bonchev–Trinajstić information content (AvgIpc) is 2.90. The standard InChI is InChI=1S/C18H15BrN2OS/c1-2-12-5-9-15(10-6-12)20-18-21-17(22)16(23-18)11-13-3-7-14(19)8-4-13/h3-11H,2H2,1H3,(H,20,21,22)/b16-11-. The second-order valence-electron chi connectivity index (χ2n) is 5.05. The molecule has 0 aliphatic carbocycles. The number of benzene rings is 2. The second-order valence-corrected chi connectivity index (χ2v) is 7.00. The van der Waals surface area contributed by atoms with E-state index in [1.807, 2.05) is 42.5 Å². The van der Waals surface area contributed by atoms with Crippen molar-refractivity contribution in [1.29, 1.82) is 0 Å². The molecule has 0 unspecified atom stereocenters. The first kappa shape index (κ1) is 16.0. The Labute approximate surface area is 148 Å². The van der Waals surface area contributed by atoms with Crippen LogP contribution in [0.25, 0.3) is 6.08 Å². The van der Waals surface area contributed by atoms with Crippen molar-refractivity contribution in [2.45, 2.75) is 13.3 Å². The monoisotopic (exact) mass is 386 g/mol. The van der Waals surface area contributed by atoms with Crippen LogP contribution in [0, 0.1) is 0 Å². The number of aryl methyl sites for hydroxylation is 1. The lowest BCUT2D eigenvalue weighted by molar-refractivity contribution is -0.115. The fraction of sp³-hybridized carbons (Fsp3) is 0.111. The molecular weight excluding hydrogens is 372 g/mol.